The Morgan fingerprint density at radius 3 is 2.81 bits per heavy atom. The third-order valence-electron chi connectivity index (χ3n) is 6.87. The maximum absolute atomic E-state index is 14.1. The number of nitrogens with zero attached hydrogens (tertiary/aromatic N) is 4. The number of rotatable bonds is 8. The van der Waals surface area contributed by atoms with Crippen molar-refractivity contribution in [2.24, 2.45) is 12.8 Å². The van der Waals surface area contributed by atoms with Crippen molar-refractivity contribution in [1.82, 2.24) is 29.7 Å². The first-order chi connectivity index (χ1) is 17.3. The lowest BCUT2D eigenvalue weighted by molar-refractivity contribution is 0.290. The Kier molecular flexibility index (Phi) is 6.38. The van der Waals surface area contributed by atoms with Gasteiger partial charge in [0.2, 0.25) is 5.95 Å². The van der Waals surface area contributed by atoms with E-state index >= 15 is 0 Å². The number of aromatic nitrogens is 4. The van der Waals surface area contributed by atoms with Crippen LogP contribution in [-0.2, 0) is 7.05 Å². The molecule has 0 bridgehead atoms. The number of aryl methyl sites for hydroxylation is 1. The van der Waals surface area contributed by atoms with Gasteiger partial charge in [0.05, 0.1) is 11.2 Å². The number of anilines is 1. The molecule has 0 aliphatic heterocycles. The van der Waals surface area contributed by atoms with Crippen LogP contribution in [0, 0.1) is 5.82 Å². The molecule has 5 rings (SSSR count). The SMILES string of the molecule is CCNC1(CCN(C)C)C=CC(Nc2nc(-c3cn(C)c4ccc(F)cc34)c3cc[nH]c3n2)=CC1N. The summed E-state index contributed by atoms with van der Waals surface area (Å²) in [4.78, 5) is 14.9. The lowest BCUT2D eigenvalue weighted by Gasteiger charge is -2.39. The van der Waals surface area contributed by atoms with Gasteiger partial charge in [0, 0.05) is 53.0 Å². The molecule has 1 aromatic carbocycles. The summed E-state index contributed by atoms with van der Waals surface area (Å²) in [5.41, 5.74) is 10.4. The van der Waals surface area contributed by atoms with Crippen LogP contribution in [0.25, 0.3) is 33.2 Å². The largest absolute Gasteiger partial charge is 0.350 e. The molecule has 3 aromatic heterocycles. The molecule has 4 aromatic rings. The van der Waals surface area contributed by atoms with Crippen LogP contribution < -0.4 is 16.4 Å². The molecule has 0 saturated heterocycles. The van der Waals surface area contributed by atoms with Crippen molar-refractivity contribution in [2.75, 3.05) is 32.5 Å². The standard InChI is InChI=1S/C27H33FN8/c1-5-31-27(11-13-35(2)3)10-8-18(15-23(27)29)32-26-33-24(19-9-12-30-25(19)34-26)21-16-36(4)22-7-6-17(28)14-20(21)22/h6-10,12,14-16,23,31H,5,11,13,29H2,1-4H3,(H2,30,32,33,34). The fourth-order valence-corrected chi connectivity index (χ4v) is 4.97. The van der Waals surface area contributed by atoms with E-state index in [1.807, 2.05) is 42.2 Å². The second-order valence-corrected chi connectivity index (χ2v) is 9.68. The number of H-pyrrole nitrogens is 1. The van der Waals surface area contributed by atoms with E-state index in [0.29, 0.717) is 11.6 Å². The normalized spacial score (nSPS) is 20.0. The molecule has 36 heavy (non-hydrogen) atoms. The van der Waals surface area contributed by atoms with Crippen LogP contribution in [0.5, 0.6) is 0 Å². The van der Waals surface area contributed by atoms with Crippen molar-refractivity contribution in [1.29, 1.82) is 0 Å². The number of hydrogen-bond donors (Lipinski definition) is 4. The molecule has 1 aliphatic carbocycles. The summed E-state index contributed by atoms with van der Waals surface area (Å²) in [6.07, 6.45) is 10.9. The monoisotopic (exact) mass is 488 g/mol. The highest BCUT2D eigenvalue weighted by Crippen LogP contribution is 2.34. The van der Waals surface area contributed by atoms with E-state index in [-0.39, 0.29) is 17.4 Å². The zero-order chi connectivity index (χ0) is 25.4. The first-order valence-electron chi connectivity index (χ1n) is 12.2. The Bertz CT molecular complexity index is 1460. The molecule has 0 saturated carbocycles. The van der Waals surface area contributed by atoms with Gasteiger partial charge in [0.1, 0.15) is 11.5 Å². The van der Waals surface area contributed by atoms with Gasteiger partial charge in [-0.25, -0.2) is 9.37 Å². The molecular formula is C27H33FN8. The molecule has 0 amide bonds. The van der Waals surface area contributed by atoms with Crippen molar-refractivity contribution in [3.05, 3.63) is 66.4 Å². The van der Waals surface area contributed by atoms with E-state index in [1.54, 1.807) is 12.1 Å². The topological polar surface area (TPSA) is 99.8 Å². The van der Waals surface area contributed by atoms with Crippen LogP contribution in [0.3, 0.4) is 0 Å². The van der Waals surface area contributed by atoms with E-state index in [9.17, 15) is 4.39 Å². The minimum Gasteiger partial charge on any atom is -0.350 e. The fourth-order valence-electron chi connectivity index (χ4n) is 4.97. The molecule has 9 heteroatoms. The molecule has 2 unspecified atom stereocenters. The number of halogens is 1. The number of nitrogens with one attached hydrogen (secondary N) is 3. The zero-order valence-corrected chi connectivity index (χ0v) is 21.1. The van der Waals surface area contributed by atoms with Gasteiger partial charge in [-0.15, -0.1) is 0 Å². The van der Waals surface area contributed by atoms with Crippen LogP contribution in [0.4, 0.5) is 10.3 Å². The van der Waals surface area contributed by atoms with Gasteiger partial charge >= 0.3 is 0 Å². The van der Waals surface area contributed by atoms with Crippen LogP contribution in [-0.4, -0.2) is 63.2 Å². The Morgan fingerprint density at radius 1 is 1.22 bits per heavy atom. The van der Waals surface area contributed by atoms with Crippen molar-refractivity contribution < 1.29 is 4.39 Å². The maximum Gasteiger partial charge on any atom is 0.229 e. The zero-order valence-electron chi connectivity index (χ0n) is 21.1. The number of fused-ring (bicyclic) bond motifs is 2. The first-order valence-corrected chi connectivity index (χ1v) is 12.2. The van der Waals surface area contributed by atoms with Gasteiger partial charge in [-0.2, -0.15) is 4.98 Å². The van der Waals surface area contributed by atoms with E-state index < -0.39 is 0 Å². The van der Waals surface area contributed by atoms with Crippen LogP contribution in [0.1, 0.15) is 13.3 Å². The fraction of sp³-hybridized carbons (Fsp3) is 0.333. The Hall–Kier alpha value is -3.53. The van der Waals surface area contributed by atoms with Crippen LogP contribution in [0.15, 0.2) is 60.6 Å². The van der Waals surface area contributed by atoms with E-state index in [1.165, 1.54) is 6.07 Å². The summed E-state index contributed by atoms with van der Waals surface area (Å²) < 4.78 is 16.1. The molecule has 3 heterocycles. The molecule has 2 atom stereocenters. The molecule has 1 aliphatic rings. The highest BCUT2D eigenvalue weighted by Gasteiger charge is 2.34. The third-order valence-corrected chi connectivity index (χ3v) is 6.87. The second-order valence-electron chi connectivity index (χ2n) is 9.68. The summed E-state index contributed by atoms with van der Waals surface area (Å²) in [5, 5.41) is 8.61. The quantitative estimate of drug-likeness (QED) is 0.302. The predicted octanol–water partition coefficient (Wildman–Crippen LogP) is 3.75. The Balaban J connectivity index is 1.50. The van der Waals surface area contributed by atoms with E-state index in [0.717, 1.165) is 52.8 Å². The average molecular weight is 489 g/mol. The van der Waals surface area contributed by atoms with E-state index in [2.05, 4.69) is 52.6 Å². The highest BCUT2D eigenvalue weighted by atomic mass is 19.1. The van der Waals surface area contributed by atoms with Crippen molar-refractivity contribution in [3.63, 3.8) is 0 Å². The second kappa shape index (κ2) is 9.50. The highest BCUT2D eigenvalue weighted by molar-refractivity contribution is 6.02. The molecule has 8 nitrogen and oxygen atoms in total. The molecule has 0 spiro atoms. The number of hydrogen-bond acceptors (Lipinski definition) is 6. The van der Waals surface area contributed by atoms with E-state index in [4.69, 9.17) is 10.7 Å². The Morgan fingerprint density at radius 2 is 2.06 bits per heavy atom. The van der Waals surface area contributed by atoms with Crippen molar-refractivity contribution >= 4 is 27.9 Å². The summed E-state index contributed by atoms with van der Waals surface area (Å²) in [7, 11) is 6.08. The van der Waals surface area contributed by atoms with Crippen LogP contribution in [0.2, 0.25) is 0 Å². The summed E-state index contributed by atoms with van der Waals surface area (Å²) in [6, 6.07) is 6.53. The van der Waals surface area contributed by atoms with Gasteiger partial charge in [-0.1, -0.05) is 13.0 Å². The van der Waals surface area contributed by atoms with Crippen molar-refractivity contribution in [3.8, 4) is 11.3 Å². The summed E-state index contributed by atoms with van der Waals surface area (Å²) in [5.74, 6) is 0.165. The lowest BCUT2D eigenvalue weighted by Crippen LogP contribution is -2.58. The first kappa shape index (κ1) is 24.2. The van der Waals surface area contributed by atoms with Gasteiger partial charge in [-0.3, -0.25) is 0 Å². The number of allylic oxidation sites excluding steroid dienone is 1. The molecule has 0 fully saturated rings. The number of likely N-dealkylation sites (N-methyl/N-ethyl adjacent to an activating group) is 1. The van der Waals surface area contributed by atoms with Crippen LogP contribution >= 0.6 is 0 Å². The Labute approximate surface area is 210 Å². The molecule has 5 N–H and O–H groups in total. The minimum absolute atomic E-state index is 0.223. The summed E-state index contributed by atoms with van der Waals surface area (Å²) in [6.45, 7) is 3.84. The van der Waals surface area contributed by atoms with Crippen molar-refractivity contribution in [2.45, 2.75) is 24.9 Å². The van der Waals surface area contributed by atoms with Gasteiger partial charge in [-0.05, 0) is 70.0 Å². The van der Waals surface area contributed by atoms with Gasteiger partial charge in [0.25, 0.3) is 0 Å². The van der Waals surface area contributed by atoms with Gasteiger partial charge in [0.15, 0.2) is 0 Å². The molecule has 188 valence electrons. The molecular weight excluding hydrogens is 455 g/mol. The summed E-state index contributed by atoms with van der Waals surface area (Å²) >= 11 is 0. The predicted molar refractivity (Wildman–Crippen MR) is 144 cm³/mol. The lowest BCUT2D eigenvalue weighted by atomic mass is 9.82. The average Bonchev–Trinajstić information content (AvgIpc) is 3.44. The molecule has 0 radical (unpaired) electrons. The minimum atomic E-state index is -0.313. The smallest absolute Gasteiger partial charge is 0.229 e. The maximum atomic E-state index is 14.1. The van der Waals surface area contributed by atoms with Gasteiger partial charge < -0.3 is 30.8 Å². The number of aromatic amines is 1. The number of benzene rings is 1. The number of nitrogens with two attached hydrogens (primary N) is 1. The third kappa shape index (κ3) is 4.41.